The predicted octanol–water partition coefficient (Wildman–Crippen LogP) is 3.97. The van der Waals surface area contributed by atoms with Crippen molar-refractivity contribution in [3.8, 4) is 0 Å². The van der Waals surface area contributed by atoms with E-state index in [1.54, 1.807) is 31.2 Å². The molecule has 0 atom stereocenters. The maximum atomic E-state index is 12.9. The molecule has 1 heterocycles. The van der Waals surface area contributed by atoms with Gasteiger partial charge in [0.1, 0.15) is 0 Å². The molecule has 9 heteroatoms. The summed E-state index contributed by atoms with van der Waals surface area (Å²) >= 11 is 0. The summed E-state index contributed by atoms with van der Waals surface area (Å²) in [6.45, 7) is 7.16. The smallest absolute Gasteiger partial charge is 0.338 e. The quantitative estimate of drug-likeness (QED) is 0.566. The number of anilines is 1. The number of carbonyl (C=O) groups excluding carboxylic acids is 1. The summed E-state index contributed by atoms with van der Waals surface area (Å²) in [5, 5.41) is 3.81. The van der Waals surface area contributed by atoms with E-state index in [-0.39, 0.29) is 28.9 Å². The molecule has 0 fully saturated rings. The van der Waals surface area contributed by atoms with E-state index in [1.807, 2.05) is 26.8 Å². The topological polar surface area (TPSA) is 111 Å². The largest absolute Gasteiger partial charge is 0.452 e. The average molecular weight is 429 g/mol. The van der Waals surface area contributed by atoms with Gasteiger partial charge in [-0.1, -0.05) is 37.2 Å². The molecule has 0 bridgehead atoms. The molecule has 0 aliphatic heterocycles. The van der Waals surface area contributed by atoms with Gasteiger partial charge in [0.05, 0.1) is 10.5 Å². The van der Waals surface area contributed by atoms with Crippen molar-refractivity contribution in [3.63, 3.8) is 0 Å². The van der Waals surface area contributed by atoms with Gasteiger partial charge in [0.15, 0.2) is 12.4 Å². The van der Waals surface area contributed by atoms with Gasteiger partial charge < -0.3 is 9.26 Å². The van der Waals surface area contributed by atoms with Crippen LogP contribution in [0.25, 0.3) is 0 Å². The number of nitrogens with one attached hydrogen (secondary N) is 1. The molecule has 0 spiro atoms. The minimum absolute atomic E-state index is 0.00154. The maximum Gasteiger partial charge on any atom is 0.338 e. The number of benzene rings is 2. The van der Waals surface area contributed by atoms with Gasteiger partial charge in [-0.25, -0.2) is 13.2 Å². The normalized spacial score (nSPS) is 11.5. The fourth-order valence-electron chi connectivity index (χ4n) is 2.71. The highest BCUT2D eigenvalue weighted by atomic mass is 32.2. The Balaban J connectivity index is 1.77. The SMILES string of the molecule is Cc1cccc(NS(=O)(=O)c2cc(C(=O)OCc3nc(C(C)C)no3)ccc2C)c1. The molecule has 30 heavy (non-hydrogen) atoms. The highest BCUT2D eigenvalue weighted by Gasteiger charge is 2.20. The zero-order valence-electron chi connectivity index (χ0n) is 17.2. The number of hydrogen-bond acceptors (Lipinski definition) is 7. The van der Waals surface area contributed by atoms with E-state index in [1.165, 1.54) is 12.1 Å². The van der Waals surface area contributed by atoms with Crippen LogP contribution in [0, 0.1) is 13.8 Å². The maximum absolute atomic E-state index is 12.9. The van der Waals surface area contributed by atoms with Gasteiger partial charge in [-0.15, -0.1) is 0 Å². The van der Waals surface area contributed by atoms with Crippen molar-refractivity contribution < 1.29 is 22.5 Å². The number of sulfonamides is 1. The Morgan fingerprint density at radius 1 is 1.17 bits per heavy atom. The minimum atomic E-state index is -3.89. The third-order valence-electron chi connectivity index (χ3n) is 4.31. The van der Waals surface area contributed by atoms with Gasteiger partial charge >= 0.3 is 5.97 Å². The second-order valence-corrected chi connectivity index (χ2v) is 8.88. The molecule has 0 unspecified atom stereocenters. The first-order chi connectivity index (χ1) is 14.2. The van der Waals surface area contributed by atoms with E-state index >= 15 is 0 Å². The number of nitrogens with zero attached hydrogens (tertiary/aromatic N) is 2. The molecule has 3 rings (SSSR count). The lowest BCUT2D eigenvalue weighted by Gasteiger charge is -2.12. The van der Waals surface area contributed by atoms with Crippen molar-refractivity contribution >= 4 is 21.7 Å². The van der Waals surface area contributed by atoms with Crippen LogP contribution in [0.5, 0.6) is 0 Å². The summed E-state index contributed by atoms with van der Waals surface area (Å²) in [5.74, 6) is 0.0929. The standard InChI is InChI=1S/C21H23N3O5S/c1-13(2)20-22-19(29-23-20)12-28-21(25)16-9-8-15(4)18(11-16)30(26,27)24-17-7-5-6-14(3)10-17/h5-11,13,24H,12H2,1-4H3. The molecule has 1 N–H and O–H groups in total. The molecule has 8 nitrogen and oxygen atoms in total. The zero-order chi connectivity index (χ0) is 21.9. The lowest BCUT2D eigenvalue weighted by Crippen LogP contribution is -2.16. The van der Waals surface area contributed by atoms with Gasteiger partial charge in [-0.2, -0.15) is 4.98 Å². The summed E-state index contributed by atoms with van der Waals surface area (Å²) in [6, 6.07) is 11.4. The Labute approximate surface area is 175 Å². The van der Waals surface area contributed by atoms with E-state index in [0.29, 0.717) is 17.1 Å². The Kier molecular flexibility index (Phi) is 6.21. The molecule has 0 aliphatic carbocycles. The molecular formula is C21H23N3O5S. The van der Waals surface area contributed by atoms with Crippen molar-refractivity contribution in [1.29, 1.82) is 0 Å². The number of hydrogen-bond donors (Lipinski definition) is 1. The van der Waals surface area contributed by atoms with Gasteiger partial charge in [0, 0.05) is 11.6 Å². The Morgan fingerprint density at radius 2 is 1.93 bits per heavy atom. The van der Waals surface area contributed by atoms with E-state index in [9.17, 15) is 13.2 Å². The molecule has 0 saturated carbocycles. The van der Waals surface area contributed by atoms with Gasteiger partial charge in [0.25, 0.3) is 15.9 Å². The highest BCUT2D eigenvalue weighted by Crippen LogP contribution is 2.22. The number of ether oxygens (including phenoxy) is 1. The second kappa shape index (κ2) is 8.66. The summed E-state index contributed by atoms with van der Waals surface area (Å²) in [5.41, 5.74) is 1.98. The summed E-state index contributed by atoms with van der Waals surface area (Å²) in [7, 11) is -3.89. The number of carbonyl (C=O) groups is 1. The molecule has 0 amide bonds. The highest BCUT2D eigenvalue weighted by molar-refractivity contribution is 7.92. The third kappa shape index (κ3) is 5.04. The molecule has 158 valence electrons. The number of aromatic nitrogens is 2. The van der Waals surface area contributed by atoms with Crippen molar-refractivity contribution in [3.05, 3.63) is 70.9 Å². The van der Waals surface area contributed by atoms with Crippen LogP contribution in [0.15, 0.2) is 51.9 Å². The van der Waals surface area contributed by atoms with Crippen LogP contribution < -0.4 is 4.72 Å². The van der Waals surface area contributed by atoms with E-state index in [0.717, 1.165) is 5.56 Å². The number of rotatable bonds is 7. The molecule has 3 aromatic rings. The molecule has 0 aliphatic rings. The van der Waals surface area contributed by atoms with Crippen LogP contribution in [0.2, 0.25) is 0 Å². The molecule has 2 aromatic carbocycles. The summed E-state index contributed by atoms with van der Waals surface area (Å²) in [4.78, 5) is 16.6. The van der Waals surface area contributed by atoms with E-state index in [4.69, 9.17) is 9.26 Å². The second-order valence-electron chi connectivity index (χ2n) is 7.23. The van der Waals surface area contributed by atoms with E-state index < -0.39 is 16.0 Å². The zero-order valence-corrected chi connectivity index (χ0v) is 18.0. The lowest BCUT2D eigenvalue weighted by molar-refractivity contribution is 0.0429. The summed E-state index contributed by atoms with van der Waals surface area (Å²) in [6.07, 6.45) is 0. The van der Waals surface area contributed by atoms with Gasteiger partial charge in [-0.3, -0.25) is 4.72 Å². The molecule has 1 aromatic heterocycles. The van der Waals surface area contributed by atoms with Crippen LogP contribution in [0.1, 0.15) is 53.0 Å². The summed E-state index contributed by atoms with van der Waals surface area (Å²) < 4.78 is 38.5. The number of esters is 1. The first-order valence-corrected chi connectivity index (χ1v) is 10.8. The number of aryl methyl sites for hydroxylation is 2. The van der Waals surface area contributed by atoms with E-state index in [2.05, 4.69) is 14.9 Å². The van der Waals surface area contributed by atoms with Gasteiger partial charge in [-0.05, 0) is 49.2 Å². The third-order valence-corrected chi connectivity index (χ3v) is 5.83. The predicted molar refractivity (Wildman–Crippen MR) is 111 cm³/mol. The van der Waals surface area contributed by atoms with Crippen molar-refractivity contribution in [2.45, 2.75) is 45.1 Å². The molecule has 0 saturated heterocycles. The van der Waals surface area contributed by atoms with Crippen LogP contribution >= 0.6 is 0 Å². The first-order valence-electron chi connectivity index (χ1n) is 9.35. The van der Waals surface area contributed by atoms with Crippen LogP contribution in [0.3, 0.4) is 0 Å². The monoisotopic (exact) mass is 429 g/mol. The molecular weight excluding hydrogens is 406 g/mol. The minimum Gasteiger partial charge on any atom is -0.452 e. The molecule has 0 radical (unpaired) electrons. The van der Waals surface area contributed by atoms with Crippen LogP contribution in [0.4, 0.5) is 5.69 Å². The van der Waals surface area contributed by atoms with Gasteiger partial charge in [0.2, 0.25) is 0 Å². The average Bonchev–Trinajstić information content (AvgIpc) is 3.15. The Bertz CT molecular complexity index is 1170. The van der Waals surface area contributed by atoms with Crippen molar-refractivity contribution in [2.24, 2.45) is 0 Å². The lowest BCUT2D eigenvalue weighted by atomic mass is 10.1. The first kappa shape index (κ1) is 21.5. The Hall–Kier alpha value is -3.20. The van der Waals surface area contributed by atoms with Crippen LogP contribution in [-0.4, -0.2) is 24.5 Å². The van der Waals surface area contributed by atoms with Crippen molar-refractivity contribution in [1.82, 2.24) is 10.1 Å². The van der Waals surface area contributed by atoms with Crippen molar-refractivity contribution in [2.75, 3.05) is 4.72 Å². The fourth-order valence-corrected chi connectivity index (χ4v) is 4.03. The Morgan fingerprint density at radius 3 is 2.60 bits per heavy atom. The fraction of sp³-hybridized carbons (Fsp3) is 0.286. The van der Waals surface area contributed by atoms with Crippen LogP contribution in [-0.2, 0) is 21.4 Å².